The Morgan fingerprint density at radius 2 is 1.88 bits per heavy atom. The molecule has 142 valence electrons. The number of amides is 2. The molecular formula is C20H30N4O2. The highest BCUT2D eigenvalue weighted by atomic mass is 16.2. The Hall–Kier alpha value is -1.95. The molecule has 2 saturated heterocycles. The average molecular weight is 358 g/mol. The first-order valence-electron chi connectivity index (χ1n) is 9.77. The Bertz CT molecular complexity index is 599. The second-order valence-electron chi connectivity index (χ2n) is 7.55. The molecule has 0 spiro atoms. The third-order valence-electron chi connectivity index (χ3n) is 5.51. The molecule has 2 aliphatic rings. The van der Waals surface area contributed by atoms with Gasteiger partial charge in [-0.1, -0.05) is 12.8 Å². The highest BCUT2D eigenvalue weighted by molar-refractivity contribution is 5.89. The molecule has 3 rings (SSSR count). The van der Waals surface area contributed by atoms with Gasteiger partial charge in [0.25, 0.3) is 0 Å². The standard InChI is InChI=1S/C20H30N4O2/c1-22(12-13-23-10-4-2-3-5-11-23)20(26)18-14-19(25)24(16-18)15-17-6-8-21-9-7-17/h6-9,18H,2-5,10-16H2,1H3/t18-/m1/s1. The maximum atomic E-state index is 12.7. The summed E-state index contributed by atoms with van der Waals surface area (Å²) >= 11 is 0. The van der Waals surface area contributed by atoms with E-state index in [2.05, 4.69) is 9.88 Å². The van der Waals surface area contributed by atoms with Crippen LogP contribution in [0.1, 0.15) is 37.7 Å². The van der Waals surface area contributed by atoms with Gasteiger partial charge in [-0.3, -0.25) is 14.6 Å². The third-order valence-corrected chi connectivity index (χ3v) is 5.51. The summed E-state index contributed by atoms with van der Waals surface area (Å²) in [5.74, 6) is -0.0371. The second kappa shape index (κ2) is 9.12. The van der Waals surface area contributed by atoms with Gasteiger partial charge in [0.15, 0.2) is 0 Å². The van der Waals surface area contributed by atoms with Crippen LogP contribution in [0.2, 0.25) is 0 Å². The largest absolute Gasteiger partial charge is 0.344 e. The van der Waals surface area contributed by atoms with Crippen LogP contribution in [0.25, 0.3) is 0 Å². The van der Waals surface area contributed by atoms with Crippen LogP contribution in [0.5, 0.6) is 0 Å². The number of aromatic nitrogens is 1. The van der Waals surface area contributed by atoms with Crippen molar-refractivity contribution in [1.29, 1.82) is 0 Å². The molecule has 0 bridgehead atoms. The van der Waals surface area contributed by atoms with Gasteiger partial charge in [0.2, 0.25) is 11.8 Å². The number of likely N-dealkylation sites (N-methyl/N-ethyl adjacent to an activating group) is 1. The monoisotopic (exact) mass is 358 g/mol. The topological polar surface area (TPSA) is 56.8 Å². The van der Waals surface area contributed by atoms with E-state index in [1.807, 2.05) is 24.1 Å². The van der Waals surface area contributed by atoms with E-state index in [1.165, 1.54) is 25.7 Å². The SMILES string of the molecule is CN(CCN1CCCCCC1)C(=O)[C@@H]1CC(=O)N(Cc2ccncc2)C1. The molecule has 0 N–H and O–H groups in total. The van der Waals surface area contributed by atoms with Crippen LogP contribution in [-0.2, 0) is 16.1 Å². The van der Waals surface area contributed by atoms with E-state index < -0.39 is 0 Å². The normalized spacial score (nSPS) is 21.7. The van der Waals surface area contributed by atoms with Crippen molar-refractivity contribution in [2.45, 2.75) is 38.6 Å². The van der Waals surface area contributed by atoms with Crippen molar-refractivity contribution in [3.8, 4) is 0 Å². The number of pyridine rings is 1. The predicted octanol–water partition coefficient (Wildman–Crippen LogP) is 1.76. The zero-order chi connectivity index (χ0) is 18.4. The molecule has 0 saturated carbocycles. The predicted molar refractivity (Wildman–Crippen MR) is 100 cm³/mol. The summed E-state index contributed by atoms with van der Waals surface area (Å²) in [4.78, 5) is 35.1. The van der Waals surface area contributed by atoms with E-state index in [0.29, 0.717) is 19.5 Å². The number of hydrogen-bond acceptors (Lipinski definition) is 4. The Kier molecular flexibility index (Phi) is 6.61. The maximum Gasteiger partial charge on any atom is 0.227 e. The first kappa shape index (κ1) is 18.8. The zero-order valence-corrected chi connectivity index (χ0v) is 15.8. The second-order valence-corrected chi connectivity index (χ2v) is 7.55. The van der Waals surface area contributed by atoms with Crippen LogP contribution in [0.15, 0.2) is 24.5 Å². The van der Waals surface area contributed by atoms with Gasteiger partial charge in [-0.05, 0) is 43.6 Å². The number of likely N-dealkylation sites (tertiary alicyclic amines) is 2. The molecule has 1 atom stereocenters. The van der Waals surface area contributed by atoms with Crippen LogP contribution in [0, 0.1) is 5.92 Å². The van der Waals surface area contributed by atoms with Crippen molar-refractivity contribution in [3.63, 3.8) is 0 Å². The molecular weight excluding hydrogens is 328 g/mol. The van der Waals surface area contributed by atoms with Crippen molar-refractivity contribution in [1.82, 2.24) is 19.7 Å². The minimum atomic E-state index is -0.210. The van der Waals surface area contributed by atoms with Gasteiger partial charge in [-0.25, -0.2) is 0 Å². The van der Waals surface area contributed by atoms with Gasteiger partial charge in [0, 0.05) is 52.0 Å². The van der Waals surface area contributed by atoms with Crippen molar-refractivity contribution < 1.29 is 9.59 Å². The first-order chi connectivity index (χ1) is 12.6. The van der Waals surface area contributed by atoms with Crippen molar-refractivity contribution in [2.24, 2.45) is 5.92 Å². The van der Waals surface area contributed by atoms with Crippen LogP contribution >= 0.6 is 0 Å². The number of rotatable bonds is 6. The molecule has 1 aromatic rings. The van der Waals surface area contributed by atoms with E-state index in [1.54, 1.807) is 17.3 Å². The molecule has 0 aromatic carbocycles. The molecule has 6 nitrogen and oxygen atoms in total. The van der Waals surface area contributed by atoms with Gasteiger partial charge in [0.1, 0.15) is 0 Å². The van der Waals surface area contributed by atoms with Crippen molar-refractivity contribution >= 4 is 11.8 Å². The highest BCUT2D eigenvalue weighted by Crippen LogP contribution is 2.22. The molecule has 6 heteroatoms. The van der Waals surface area contributed by atoms with Crippen molar-refractivity contribution in [2.75, 3.05) is 39.8 Å². The molecule has 1 aromatic heterocycles. The number of carbonyl (C=O) groups is 2. The van der Waals surface area contributed by atoms with Crippen LogP contribution < -0.4 is 0 Å². The molecule has 2 fully saturated rings. The highest BCUT2D eigenvalue weighted by Gasteiger charge is 2.35. The molecule has 0 aliphatic carbocycles. The van der Waals surface area contributed by atoms with Gasteiger partial charge in [-0.2, -0.15) is 0 Å². The van der Waals surface area contributed by atoms with Gasteiger partial charge in [-0.15, -0.1) is 0 Å². The summed E-state index contributed by atoms with van der Waals surface area (Å²) in [6, 6.07) is 3.82. The fourth-order valence-electron chi connectivity index (χ4n) is 3.87. The summed E-state index contributed by atoms with van der Waals surface area (Å²) < 4.78 is 0. The Balaban J connectivity index is 1.47. The molecule has 2 aliphatic heterocycles. The quantitative estimate of drug-likeness (QED) is 0.778. The Morgan fingerprint density at radius 3 is 2.58 bits per heavy atom. The van der Waals surface area contributed by atoms with Crippen molar-refractivity contribution in [3.05, 3.63) is 30.1 Å². The zero-order valence-electron chi connectivity index (χ0n) is 15.8. The van der Waals surface area contributed by atoms with E-state index in [4.69, 9.17) is 0 Å². The summed E-state index contributed by atoms with van der Waals surface area (Å²) in [5, 5.41) is 0. The lowest BCUT2D eigenvalue weighted by Gasteiger charge is -2.26. The maximum absolute atomic E-state index is 12.7. The lowest BCUT2D eigenvalue weighted by molar-refractivity contribution is -0.134. The summed E-state index contributed by atoms with van der Waals surface area (Å²) in [7, 11) is 1.87. The lowest BCUT2D eigenvalue weighted by atomic mass is 10.1. The number of hydrogen-bond donors (Lipinski definition) is 0. The minimum absolute atomic E-state index is 0.0704. The summed E-state index contributed by atoms with van der Waals surface area (Å²) in [6.07, 6.45) is 8.96. The fourth-order valence-corrected chi connectivity index (χ4v) is 3.87. The molecule has 3 heterocycles. The lowest BCUT2D eigenvalue weighted by Crippen LogP contribution is -2.40. The number of nitrogens with zero attached hydrogens (tertiary/aromatic N) is 4. The molecule has 26 heavy (non-hydrogen) atoms. The molecule has 0 unspecified atom stereocenters. The van der Waals surface area contributed by atoms with E-state index in [-0.39, 0.29) is 17.7 Å². The minimum Gasteiger partial charge on any atom is -0.344 e. The van der Waals surface area contributed by atoms with Crippen LogP contribution in [0.3, 0.4) is 0 Å². The van der Waals surface area contributed by atoms with Gasteiger partial charge >= 0.3 is 0 Å². The smallest absolute Gasteiger partial charge is 0.227 e. The van der Waals surface area contributed by atoms with Crippen LogP contribution in [-0.4, -0.2) is 71.3 Å². The molecule has 2 amide bonds. The average Bonchev–Trinajstić information content (AvgIpc) is 2.86. The van der Waals surface area contributed by atoms with Crippen LogP contribution in [0.4, 0.5) is 0 Å². The number of carbonyl (C=O) groups excluding carboxylic acids is 2. The fraction of sp³-hybridized carbons (Fsp3) is 0.650. The third kappa shape index (κ3) is 5.04. The van der Waals surface area contributed by atoms with E-state index >= 15 is 0 Å². The van der Waals surface area contributed by atoms with E-state index in [0.717, 1.165) is 31.7 Å². The summed E-state index contributed by atoms with van der Waals surface area (Å²) in [5.41, 5.74) is 1.05. The summed E-state index contributed by atoms with van der Waals surface area (Å²) in [6.45, 7) is 5.04. The van der Waals surface area contributed by atoms with Gasteiger partial charge in [0.05, 0.1) is 5.92 Å². The van der Waals surface area contributed by atoms with E-state index in [9.17, 15) is 9.59 Å². The molecule has 0 radical (unpaired) electrons. The van der Waals surface area contributed by atoms with Gasteiger partial charge < -0.3 is 14.7 Å². The Morgan fingerprint density at radius 1 is 1.19 bits per heavy atom. The first-order valence-corrected chi connectivity index (χ1v) is 9.77. The Labute approximate surface area is 156 Å².